The van der Waals surface area contributed by atoms with Gasteiger partial charge in [-0.2, -0.15) is 0 Å². The van der Waals surface area contributed by atoms with Gasteiger partial charge in [0, 0.05) is 32.1 Å². The molecule has 1 aromatic rings. The molecule has 2 rings (SSSR count). The number of rotatable bonds is 4. The van der Waals surface area contributed by atoms with E-state index in [0.717, 1.165) is 0 Å². The molecule has 8 nitrogen and oxygen atoms in total. The summed E-state index contributed by atoms with van der Waals surface area (Å²) in [5, 5.41) is -0.596. The van der Waals surface area contributed by atoms with E-state index < -0.39 is 29.3 Å². The van der Waals surface area contributed by atoms with Crippen LogP contribution in [0.2, 0.25) is 0 Å². The molecule has 2 unspecified atom stereocenters. The van der Waals surface area contributed by atoms with Crippen LogP contribution in [-0.4, -0.2) is 47.6 Å². The van der Waals surface area contributed by atoms with E-state index in [2.05, 4.69) is 0 Å². The summed E-state index contributed by atoms with van der Waals surface area (Å²) < 4.78 is 15.1. The van der Waals surface area contributed by atoms with Crippen LogP contribution in [0.25, 0.3) is 0 Å². The van der Waals surface area contributed by atoms with E-state index >= 15 is 0 Å². The van der Waals surface area contributed by atoms with Gasteiger partial charge in [0.05, 0.1) is 7.11 Å². The third-order valence-corrected chi connectivity index (χ3v) is 4.90. The number of carbonyl (C=O) groups excluding carboxylic acids is 4. The van der Waals surface area contributed by atoms with Crippen LogP contribution in [0.3, 0.4) is 0 Å². The lowest BCUT2D eigenvalue weighted by Gasteiger charge is -2.28. The zero-order valence-electron chi connectivity index (χ0n) is 14.8. The van der Waals surface area contributed by atoms with Gasteiger partial charge in [-0.15, -0.1) is 11.8 Å². The molecule has 1 amide bonds. The summed E-state index contributed by atoms with van der Waals surface area (Å²) in [4.78, 5) is 48.2. The highest BCUT2D eigenvalue weighted by molar-refractivity contribution is 7.99. The number of esters is 3. The van der Waals surface area contributed by atoms with Gasteiger partial charge in [0.25, 0.3) is 0 Å². The number of methoxy groups -OCH3 is 1. The second-order valence-electron chi connectivity index (χ2n) is 5.54. The number of thioether (sulfide) groups is 1. The zero-order chi connectivity index (χ0) is 19.4. The smallest absolute Gasteiger partial charge is 0.329 e. The molecule has 0 radical (unpaired) electrons. The van der Waals surface area contributed by atoms with Gasteiger partial charge in [-0.1, -0.05) is 0 Å². The molecule has 1 aliphatic rings. The maximum absolute atomic E-state index is 12.2. The fourth-order valence-corrected chi connectivity index (χ4v) is 4.13. The molecule has 0 aliphatic carbocycles. The molecule has 0 bridgehead atoms. The van der Waals surface area contributed by atoms with Crippen LogP contribution in [0.4, 0.5) is 0 Å². The molecule has 1 fully saturated rings. The SMILES string of the molecule is COC(=O)C1CSC(c2cc(OC(C)=O)ccc2OC(C)=O)N1C(C)=O. The van der Waals surface area contributed by atoms with Crippen LogP contribution in [-0.2, 0) is 23.9 Å². The van der Waals surface area contributed by atoms with Crippen LogP contribution < -0.4 is 9.47 Å². The topological polar surface area (TPSA) is 99.2 Å². The van der Waals surface area contributed by atoms with Gasteiger partial charge >= 0.3 is 17.9 Å². The first-order chi connectivity index (χ1) is 12.2. The van der Waals surface area contributed by atoms with Crippen LogP contribution in [0, 0.1) is 0 Å². The van der Waals surface area contributed by atoms with Gasteiger partial charge in [0.15, 0.2) is 0 Å². The van der Waals surface area contributed by atoms with Gasteiger partial charge in [-0.05, 0) is 18.2 Å². The van der Waals surface area contributed by atoms with Crippen LogP contribution in [0.1, 0.15) is 31.7 Å². The largest absolute Gasteiger partial charge is 0.467 e. The maximum Gasteiger partial charge on any atom is 0.329 e. The van der Waals surface area contributed by atoms with Crippen molar-refractivity contribution in [3.05, 3.63) is 23.8 Å². The second kappa shape index (κ2) is 8.22. The predicted molar refractivity (Wildman–Crippen MR) is 92.6 cm³/mol. The lowest BCUT2D eigenvalue weighted by atomic mass is 10.1. The summed E-state index contributed by atoms with van der Waals surface area (Å²) in [5.74, 6) is -1.10. The average Bonchev–Trinajstić information content (AvgIpc) is 2.99. The number of hydrogen-bond acceptors (Lipinski definition) is 8. The predicted octanol–water partition coefficient (Wildman–Crippen LogP) is 1.67. The Morgan fingerprint density at radius 1 is 1.08 bits per heavy atom. The summed E-state index contributed by atoms with van der Waals surface area (Å²) >= 11 is 1.33. The molecule has 1 heterocycles. The summed E-state index contributed by atoms with van der Waals surface area (Å²) in [6.07, 6.45) is 0. The first-order valence-corrected chi connectivity index (χ1v) is 8.78. The molecule has 1 aliphatic heterocycles. The van der Waals surface area contributed by atoms with E-state index in [9.17, 15) is 19.2 Å². The van der Waals surface area contributed by atoms with Crippen molar-refractivity contribution in [1.29, 1.82) is 0 Å². The zero-order valence-corrected chi connectivity index (χ0v) is 15.6. The molecular weight excluding hydrogens is 362 g/mol. The normalized spacial score (nSPS) is 19.0. The number of nitrogens with zero attached hydrogens (tertiary/aromatic N) is 1. The van der Waals surface area contributed by atoms with Crippen molar-refractivity contribution in [3.63, 3.8) is 0 Å². The van der Waals surface area contributed by atoms with Gasteiger partial charge in [0.2, 0.25) is 5.91 Å². The molecule has 0 spiro atoms. The van der Waals surface area contributed by atoms with Crippen molar-refractivity contribution in [3.8, 4) is 11.5 Å². The molecule has 1 aromatic carbocycles. The Labute approximate surface area is 154 Å². The second-order valence-corrected chi connectivity index (χ2v) is 6.65. The number of ether oxygens (including phenoxy) is 3. The summed E-state index contributed by atoms with van der Waals surface area (Å²) in [6.45, 7) is 3.86. The van der Waals surface area contributed by atoms with E-state index in [1.807, 2.05) is 0 Å². The highest BCUT2D eigenvalue weighted by atomic mass is 32.2. The minimum atomic E-state index is -0.755. The Morgan fingerprint density at radius 3 is 2.27 bits per heavy atom. The molecule has 140 valence electrons. The quantitative estimate of drug-likeness (QED) is 0.574. The van der Waals surface area contributed by atoms with Gasteiger partial charge in [0.1, 0.15) is 22.9 Å². The monoisotopic (exact) mass is 381 g/mol. The van der Waals surface area contributed by atoms with E-state index in [0.29, 0.717) is 11.3 Å². The number of benzene rings is 1. The Hall–Kier alpha value is -2.55. The van der Waals surface area contributed by atoms with Crippen molar-refractivity contribution < 1.29 is 33.4 Å². The van der Waals surface area contributed by atoms with Gasteiger partial charge in [-0.25, -0.2) is 4.79 Å². The molecular formula is C17H19NO7S. The highest BCUT2D eigenvalue weighted by Crippen LogP contribution is 2.46. The minimum absolute atomic E-state index is 0.225. The molecule has 9 heteroatoms. The van der Waals surface area contributed by atoms with E-state index in [1.165, 1.54) is 62.7 Å². The molecule has 26 heavy (non-hydrogen) atoms. The molecule has 2 atom stereocenters. The summed E-state index contributed by atoms with van der Waals surface area (Å²) in [6, 6.07) is 3.74. The standard InChI is InChI=1S/C17H19NO7S/c1-9(19)18-14(17(22)23-4)8-26-16(18)13-7-12(24-10(2)20)5-6-15(13)25-11(3)21/h5-7,14,16H,8H2,1-4H3. The molecule has 0 saturated carbocycles. The Kier molecular flexibility index (Phi) is 6.25. The Balaban J connectivity index is 2.48. The molecule has 0 N–H and O–H groups in total. The van der Waals surface area contributed by atoms with Crippen LogP contribution in [0.5, 0.6) is 11.5 Å². The third-order valence-electron chi connectivity index (χ3n) is 3.60. The van der Waals surface area contributed by atoms with E-state index in [1.54, 1.807) is 0 Å². The first kappa shape index (κ1) is 19.8. The van der Waals surface area contributed by atoms with Crippen molar-refractivity contribution in [2.45, 2.75) is 32.2 Å². The minimum Gasteiger partial charge on any atom is -0.467 e. The lowest BCUT2D eigenvalue weighted by molar-refractivity contribution is -0.151. The summed E-state index contributed by atoms with van der Waals surface area (Å²) in [7, 11) is 1.25. The van der Waals surface area contributed by atoms with E-state index in [4.69, 9.17) is 14.2 Å². The first-order valence-electron chi connectivity index (χ1n) is 7.73. The highest BCUT2D eigenvalue weighted by Gasteiger charge is 2.43. The van der Waals surface area contributed by atoms with Crippen molar-refractivity contribution in [2.75, 3.05) is 12.9 Å². The molecule has 1 saturated heterocycles. The number of carbonyl (C=O) groups is 4. The number of amides is 1. The fourth-order valence-electron chi connectivity index (χ4n) is 2.64. The van der Waals surface area contributed by atoms with Crippen molar-refractivity contribution >= 4 is 35.6 Å². The van der Waals surface area contributed by atoms with Crippen molar-refractivity contribution in [1.82, 2.24) is 4.90 Å². The van der Waals surface area contributed by atoms with Crippen LogP contribution >= 0.6 is 11.8 Å². The maximum atomic E-state index is 12.2. The molecule has 0 aromatic heterocycles. The van der Waals surface area contributed by atoms with Crippen LogP contribution in [0.15, 0.2) is 18.2 Å². The van der Waals surface area contributed by atoms with Crippen molar-refractivity contribution in [2.24, 2.45) is 0 Å². The Bertz CT molecular complexity index is 749. The van der Waals surface area contributed by atoms with E-state index in [-0.39, 0.29) is 17.4 Å². The average molecular weight is 381 g/mol. The number of hydrogen-bond donors (Lipinski definition) is 0. The summed E-state index contributed by atoms with van der Waals surface area (Å²) in [5.41, 5.74) is 0.450. The fraction of sp³-hybridized carbons (Fsp3) is 0.412. The third kappa shape index (κ3) is 4.34. The lowest BCUT2D eigenvalue weighted by Crippen LogP contribution is -2.42. The van der Waals surface area contributed by atoms with Gasteiger partial charge < -0.3 is 19.1 Å². The van der Waals surface area contributed by atoms with Gasteiger partial charge in [-0.3, -0.25) is 14.4 Å². The Morgan fingerprint density at radius 2 is 1.73 bits per heavy atom.